The standard InChI is InChI=1S/C12H17N3O2S/c1-7-5-9(3-4-13-7)11(17)15-12-14-6-10(18-12)8(2)16/h6-7,9,13H,3-5H2,1-2H3,(H,14,15,17)/t7-,9-/m0/s1. The third kappa shape index (κ3) is 3.14. The van der Waals surface area contributed by atoms with Crippen molar-refractivity contribution >= 4 is 28.2 Å². The van der Waals surface area contributed by atoms with Crippen LogP contribution in [-0.4, -0.2) is 29.3 Å². The number of rotatable bonds is 3. The van der Waals surface area contributed by atoms with Gasteiger partial charge in [-0.05, 0) is 26.3 Å². The predicted octanol–water partition coefficient (Wildman–Crippen LogP) is 1.67. The van der Waals surface area contributed by atoms with Crippen LogP contribution in [0, 0.1) is 5.92 Å². The molecule has 1 aliphatic rings. The SMILES string of the molecule is CC(=O)c1cnc(NC(=O)[C@H]2CCN[C@@H](C)C2)s1. The summed E-state index contributed by atoms with van der Waals surface area (Å²) in [5, 5.41) is 6.62. The van der Waals surface area contributed by atoms with E-state index < -0.39 is 0 Å². The number of anilines is 1. The lowest BCUT2D eigenvalue weighted by molar-refractivity contribution is -0.120. The van der Waals surface area contributed by atoms with Gasteiger partial charge >= 0.3 is 0 Å². The molecule has 1 aromatic heterocycles. The number of hydrogen-bond acceptors (Lipinski definition) is 5. The van der Waals surface area contributed by atoms with Crippen LogP contribution in [0.5, 0.6) is 0 Å². The Balaban J connectivity index is 1.95. The largest absolute Gasteiger partial charge is 0.314 e. The Morgan fingerprint density at radius 1 is 1.56 bits per heavy atom. The first-order chi connectivity index (χ1) is 8.56. The number of hydrogen-bond donors (Lipinski definition) is 2. The Morgan fingerprint density at radius 3 is 2.94 bits per heavy atom. The zero-order valence-electron chi connectivity index (χ0n) is 10.5. The molecular formula is C12H17N3O2S. The summed E-state index contributed by atoms with van der Waals surface area (Å²) < 4.78 is 0. The van der Waals surface area contributed by atoms with E-state index in [1.807, 2.05) is 0 Å². The van der Waals surface area contributed by atoms with Gasteiger partial charge < -0.3 is 10.6 Å². The monoisotopic (exact) mass is 267 g/mol. The van der Waals surface area contributed by atoms with Crippen molar-refractivity contribution in [1.29, 1.82) is 0 Å². The van der Waals surface area contributed by atoms with Crippen molar-refractivity contribution in [3.05, 3.63) is 11.1 Å². The number of carbonyl (C=O) groups is 2. The minimum Gasteiger partial charge on any atom is -0.314 e. The molecule has 6 heteroatoms. The molecule has 1 aliphatic heterocycles. The fourth-order valence-corrected chi connectivity index (χ4v) is 2.79. The van der Waals surface area contributed by atoms with Gasteiger partial charge in [0, 0.05) is 18.9 Å². The second-order valence-corrected chi connectivity index (χ2v) is 5.68. The van der Waals surface area contributed by atoms with Crippen LogP contribution < -0.4 is 10.6 Å². The Labute approximate surface area is 110 Å². The van der Waals surface area contributed by atoms with Gasteiger partial charge in [-0.15, -0.1) is 0 Å². The maximum atomic E-state index is 12.0. The Hall–Kier alpha value is -1.27. The van der Waals surface area contributed by atoms with Crippen LogP contribution in [0.25, 0.3) is 0 Å². The van der Waals surface area contributed by atoms with Crippen molar-refractivity contribution < 1.29 is 9.59 Å². The first kappa shape index (κ1) is 13.2. The van der Waals surface area contributed by atoms with Gasteiger partial charge in [-0.1, -0.05) is 11.3 Å². The molecule has 2 N–H and O–H groups in total. The highest BCUT2D eigenvalue weighted by atomic mass is 32.1. The summed E-state index contributed by atoms with van der Waals surface area (Å²) in [5.41, 5.74) is 0. The fraction of sp³-hybridized carbons (Fsp3) is 0.583. The van der Waals surface area contributed by atoms with Crippen LogP contribution >= 0.6 is 11.3 Å². The Morgan fingerprint density at radius 2 is 2.33 bits per heavy atom. The van der Waals surface area contributed by atoms with E-state index >= 15 is 0 Å². The second-order valence-electron chi connectivity index (χ2n) is 4.65. The topological polar surface area (TPSA) is 71.1 Å². The Kier molecular flexibility index (Phi) is 4.08. The van der Waals surface area contributed by atoms with E-state index in [1.54, 1.807) is 0 Å². The molecule has 0 unspecified atom stereocenters. The molecule has 1 fully saturated rings. The molecule has 5 nitrogen and oxygen atoms in total. The van der Waals surface area contributed by atoms with Crippen molar-refractivity contribution in [2.24, 2.45) is 5.92 Å². The molecule has 18 heavy (non-hydrogen) atoms. The number of Topliss-reactive ketones (excluding diaryl/α,β-unsaturated/α-hetero) is 1. The van der Waals surface area contributed by atoms with Crippen molar-refractivity contribution in [1.82, 2.24) is 10.3 Å². The average Bonchev–Trinajstić information content (AvgIpc) is 2.77. The number of ketones is 1. The number of thiazole rings is 1. The fourth-order valence-electron chi connectivity index (χ4n) is 2.07. The molecule has 1 amide bonds. The van der Waals surface area contributed by atoms with Gasteiger partial charge in [-0.3, -0.25) is 9.59 Å². The smallest absolute Gasteiger partial charge is 0.229 e. The highest BCUT2D eigenvalue weighted by Crippen LogP contribution is 2.22. The number of nitrogens with one attached hydrogen (secondary N) is 2. The molecule has 0 radical (unpaired) electrons. The van der Waals surface area contributed by atoms with Gasteiger partial charge in [0.1, 0.15) is 0 Å². The molecule has 0 aromatic carbocycles. The van der Waals surface area contributed by atoms with Gasteiger partial charge in [0.2, 0.25) is 5.91 Å². The lowest BCUT2D eigenvalue weighted by Crippen LogP contribution is -2.40. The van der Waals surface area contributed by atoms with Gasteiger partial charge in [-0.25, -0.2) is 4.98 Å². The minimum atomic E-state index is -0.0245. The van der Waals surface area contributed by atoms with Crippen LogP contribution in [0.3, 0.4) is 0 Å². The molecule has 0 spiro atoms. The van der Waals surface area contributed by atoms with Crippen molar-refractivity contribution in [2.75, 3.05) is 11.9 Å². The van der Waals surface area contributed by atoms with E-state index in [9.17, 15) is 9.59 Å². The maximum absolute atomic E-state index is 12.0. The van der Waals surface area contributed by atoms with E-state index in [0.717, 1.165) is 19.4 Å². The highest BCUT2D eigenvalue weighted by Gasteiger charge is 2.25. The molecule has 0 bridgehead atoms. The summed E-state index contributed by atoms with van der Waals surface area (Å²) >= 11 is 1.23. The molecule has 2 rings (SSSR count). The van der Waals surface area contributed by atoms with E-state index in [-0.39, 0.29) is 17.6 Å². The van der Waals surface area contributed by atoms with Crippen molar-refractivity contribution in [2.45, 2.75) is 32.7 Å². The second kappa shape index (κ2) is 5.58. The summed E-state index contributed by atoms with van der Waals surface area (Å²) in [6.45, 7) is 4.44. The quantitative estimate of drug-likeness (QED) is 0.817. The van der Waals surface area contributed by atoms with Crippen molar-refractivity contribution in [3.8, 4) is 0 Å². The van der Waals surface area contributed by atoms with E-state index in [1.165, 1.54) is 24.5 Å². The van der Waals surface area contributed by atoms with Crippen LogP contribution in [-0.2, 0) is 4.79 Å². The van der Waals surface area contributed by atoms with Crippen LogP contribution in [0.4, 0.5) is 5.13 Å². The molecule has 2 atom stereocenters. The minimum absolute atomic E-state index is 0.00722. The average molecular weight is 267 g/mol. The highest BCUT2D eigenvalue weighted by molar-refractivity contribution is 7.17. The Bertz CT molecular complexity index is 458. The van der Waals surface area contributed by atoms with E-state index in [2.05, 4.69) is 22.5 Å². The summed E-state index contributed by atoms with van der Waals surface area (Å²) in [5.74, 6) is 0.0159. The molecular weight excluding hydrogens is 250 g/mol. The third-order valence-corrected chi connectivity index (χ3v) is 4.09. The van der Waals surface area contributed by atoms with Gasteiger partial charge in [-0.2, -0.15) is 0 Å². The summed E-state index contributed by atoms with van der Waals surface area (Å²) in [6.07, 6.45) is 3.20. The number of carbonyl (C=O) groups excluding carboxylic acids is 2. The molecule has 98 valence electrons. The molecule has 1 aromatic rings. The van der Waals surface area contributed by atoms with E-state index in [4.69, 9.17) is 0 Å². The van der Waals surface area contributed by atoms with Gasteiger partial charge in [0.25, 0.3) is 0 Å². The normalized spacial score (nSPS) is 23.7. The zero-order chi connectivity index (χ0) is 13.1. The molecule has 0 saturated carbocycles. The third-order valence-electron chi connectivity index (χ3n) is 3.08. The summed E-state index contributed by atoms with van der Waals surface area (Å²) in [4.78, 5) is 27.8. The number of piperidine rings is 1. The van der Waals surface area contributed by atoms with Gasteiger partial charge in [0.05, 0.1) is 11.1 Å². The van der Waals surface area contributed by atoms with Crippen LogP contribution in [0.2, 0.25) is 0 Å². The summed E-state index contributed by atoms with van der Waals surface area (Å²) in [7, 11) is 0. The van der Waals surface area contributed by atoms with Crippen molar-refractivity contribution in [3.63, 3.8) is 0 Å². The predicted molar refractivity (Wildman–Crippen MR) is 70.9 cm³/mol. The summed E-state index contributed by atoms with van der Waals surface area (Å²) in [6, 6.07) is 0.374. The maximum Gasteiger partial charge on any atom is 0.229 e. The number of aromatic nitrogens is 1. The van der Waals surface area contributed by atoms with E-state index in [0.29, 0.717) is 16.1 Å². The number of nitrogens with zero attached hydrogens (tertiary/aromatic N) is 1. The lowest BCUT2D eigenvalue weighted by Gasteiger charge is -2.26. The molecule has 0 aliphatic carbocycles. The zero-order valence-corrected chi connectivity index (χ0v) is 11.3. The molecule has 1 saturated heterocycles. The number of amides is 1. The van der Waals surface area contributed by atoms with Crippen LogP contribution in [0.1, 0.15) is 36.4 Å². The van der Waals surface area contributed by atoms with Crippen LogP contribution in [0.15, 0.2) is 6.20 Å². The first-order valence-electron chi connectivity index (χ1n) is 6.07. The van der Waals surface area contributed by atoms with Gasteiger partial charge in [0.15, 0.2) is 10.9 Å². The lowest BCUT2D eigenvalue weighted by atomic mass is 9.93. The first-order valence-corrected chi connectivity index (χ1v) is 6.89. The molecule has 2 heterocycles.